The number of benzene rings is 1. The number of carbonyl (C=O) groups excluding carboxylic acids is 1. The van der Waals surface area contributed by atoms with Crippen molar-refractivity contribution in [3.05, 3.63) is 53.7 Å². The summed E-state index contributed by atoms with van der Waals surface area (Å²) in [6.45, 7) is 3.13. The molecule has 1 aliphatic rings. The predicted molar refractivity (Wildman–Crippen MR) is 113 cm³/mol. The summed E-state index contributed by atoms with van der Waals surface area (Å²) in [5.41, 5.74) is -0.512. The molecular formula is C21H25F3N4O3S. The second-order valence-electron chi connectivity index (χ2n) is 7.59. The molecule has 0 unspecified atom stereocenters. The first-order chi connectivity index (χ1) is 15.1. The summed E-state index contributed by atoms with van der Waals surface area (Å²) in [5.74, 6) is 0.103. The van der Waals surface area contributed by atoms with Crippen molar-refractivity contribution >= 4 is 21.7 Å². The number of rotatable bonds is 7. The van der Waals surface area contributed by atoms with E-state index in [1.807, 2.05) is 10.8 Å². The first-order valence-corrected chi connectivity index (χ1v) is 11.7. The number of aromatic nitrogens is 1. The van der Waals surface area contributed by atoms with Crippen LogP contribution in [0.25, 0.3) is 0 Å². The first-order valence-electron chi connectivity index (χ1n) is 10.2. The first kappa shape index (κ1) is 24.0. The van der Waals surface area contributed by atoms with Crippen LogP contribution in [0.15, 0.2) is 47.5 Å². The smallest absolute Gasteiger partial charge is 0.356 e. The maximum atomic E-state index is 13.2. The second-order valence-corrected chi connectivity index (χ2v) is 9.27. The molecule has 0 bridgehead atoms. The molecule has 7 nitrogen and oxygen atoms in total. The lowest BCUT2D eigenvalue weighted by Gasteiger charge is -2.29. The van der Waals surface area contributed by atoms with Crippen LogP contribution in [0.1, 0.15) is 37.3 Å². The van der Waals surface area contributed by atoms with Gasteiger partial charge in [0.05, 0.1) is 16.5 Å². The van der Waals surface area contributed by atoms with Crippen molar-refractivity contribution in [1.29, 1.82) is 0 Å². The van der Waals surface area contributed by atoms with Gasteiger partial charge in [-0.25, -0.2) is 13.4 Å². The normalized spacial score (nSPS) is 15.9. The van der Waals surface area contributed by atoms with Gasteiger partial charge < -0.3 is 10.2 Å². The maximum absolute atomic E-state index is 13.2. The summed E-state index contributed by atoms with van der Waals surface area (Å²) in [7, 11) is -4.58. The van der Waals surface area contributed by atoms with Gasteiger partial charge in [0.25, 0.3) is 0 Å². The Bertz CT molecular complexity index is 1050. The lowest BCUT2D eigenvalue weighted by molar-refractivity contribution is -0.139. The minimum atomic E-state index is -4.85. The van der Waals surface area contributed by atoms with Gasteiger partial charge in [-0.1, -0.05) is 18.2 Å². The van der Waals surface area contributed by atoms with Crippen LogP contribution in [0, 0.1) is 0 Å². The summed E-state index contributed by atoms with van der Waals surface area (Å²) in [5, 5.41) is 2.64. The third-order valence-electron chi connectivity index (χ3n) is 5.18. The van der Waals surface area contributed by atoms with Gasteiger partial charge in [-0.05, 0) is 44.4 Å². The number of piperidine rings is 1. The molecule has 1 amide bonds. The average Bonchev–Trinajstić information content (AvgIpc) is 2.77. The lowest BCUT2D eigenvalue weighted by atomic mass is 10.1. The van der Waals surface area contributed by atoms with E-state index in [0.29, 0.717) is 6.07 Å². The van der Waals surface area contributed by atoms with Gasteiger partial charge in [-0.3, -0.25) is 4.79 Å². The largest absolute Gasteiger partial charge is 0.417 e. The van der Waals surface area contributed by atoms with E-state index in [2.05, 4.69) is 15.2 Å². The van der Waals surface area contributed by atoms with E-state index in [9.17, 15) is 26.4 Å². The number of nitrogens with one attached hydrogen (secondary N) is 2. The third kappa shape index (κ3) is 5.77. The summed E-state index contributed by atoms with van der Waals surface area (Å²) in [4.78, 5) is 18.1. The number of alkyl halides is 3. The zero-order valence-corrected chi connectivity index (χ0v) is 18.3. The molecule has 2 heterocycles. The number of amides is 1. The van der Waals surface area contributed by atoms with Crippen molar-refractivity contribution in [3.8, 4) is 0 Å². The average molecular weight is 471 g/mol. The van der Waals surface area contributed by atoms with E-state index < -0.39 is 38.6 Å². The van der Waals surface area contributed by atoms with Crippen LogP contribution >= 0.6 is 0 Å². The zero-order valence-electron chi connectivity index (χ0n) is 17.5. The molecule has 1 aromatic carbocycles. The van der Waals surface area contributed by atoms with E-state index in [1.54, 1.807) is 12.3 Å². The van der Waals surface area contributed by atoms with E-state index in [1.165, 1.54) is 13.0 Å². The number of anilines is 1. The number of pyridine rings is 1. The Hall–Kier alpha value is -2.66. The Balaban J connectivity index is 1.68. The van der Waals surface area contributed by atoms with Gasteiger partial charge in [0.2, 0.25) is 15.9 Å². The van der Waals surface area contributed by atoms with Gasteiger partial charge >= 0.3 is 6.18 Å². The number of halogens is 3. The monoisotopic (exact) mass is 470 g/mol. The number of carbonyl (C=O) groups is 1. The fourth-order valence-corrected chi connectivity index (χ4v) is 5.01. The quantitative estimate of drug-likeness (QED) is 0.649. The topological polar surface area (TPSA) is 91.4 Å². The fourth-order valence-electron chi connectivity index (χ4n) is 3.58. The maximum Gasteiger partial charge on any atom is 0.417 e. The summed E-state index contributed by atoms with van der Waals surface area (Å²) in [6, 6.07) is 6.13. The van der Waals surface area contributed by atoms with Crippen molar-refractivity contribution in [2.75, 3.05) is 18.0 Å². The summed E-state index contributed by atoms with van der Waals surface area (Å²) >= 11 is 0. The van der Waals surface area contributed by atoms with Crippen LogP contribution in [0.2, 0.25) is 0 Å². The molecule has 1 atom stereocenters. The SMILES string of the molecule is C[C@H](NS(=O)(=O)c1ccccc1C(F)(F)F)C(=O)NCc1cccnc1N1CCCCC1. The van der Waals surface area contributed by atoms with E-state index in [0.717, 1.165) is 55.9 Å². The number of hydrogen-bond donors (Lipinski definition) is 2. The molecule has 2 N–H and O–H groups in total. The number of nitrogens with zero attached hydrogens (tertiary/aromatic N) is 2. The molecule has 0 radical (unpaired) electrons. The molecule has 1 aromatic heterocycles. The lowest BCUT2D eigenvalue weighted by Crippen LogP contribution is -2.45. The Kier molecular flexibility index (Phi) is 7.40. The minimum absolute atomic E-state index is 0.115. The van der Waals surface area contributed by atoms with Crippen molar-refractivity contribution < 1.29 is 26.4 Å². The van der Waals surface area contributed by atoms with Crippen LogP contribution in [0.4, 0.5) is 19.0 Å². The molecule has 0 aliphatic carbocycles. The Morgan fingerprint density at radius 3 is 2.50 bits per heavy atom. The van der Waals surface area contributed by atoms with Crippen molar-refractivity contribution in [2.24, 2.45) is 0 Å². The van der Waals surface area contributed by atoms with Crippen molar-refractivity contribution in [1.82, 2.24) is 15.0 Å². The summed E-state index contributed by atoms with van der Waals surface area (Å²) < 4.78 is 66.7. The summed E-state index contributed by atoms with van der Waals surface area (Å²) in [6.07, 6.45) is 0.0951. The van der Waals surface area contributed by atoms with E-state index in [4.69, 9.17) is 0 Å². The number of sulfonamides is 1. The highest BCUT2D eigenvalue weighted by Gasteiger charge is 2.37. The standard InChI is InChI=1S/C21H25F3N4O3S/c1-15(27-32(30,31)18-10-4-3-9-17(18)21(22,23)24)20(29)26-14-16-8-7-11-25-19(16)28-12-5-2-6-13-28/h3-4,7-11,15,27H,2,5-6,12-14H2,1H3,(H,26,29)/t15-/m0/s1. The molecule has 11 heteroatoms. The Morgan fingerprint density at radius 1 is 1.12 bits per heavy atom. The number of hydrogen-bond acceptors (Lipinski definition) is 5. The molecule has 1 saturated heterocycles. The van der Waals surface area contributed by atoms with Gasteiger partial charge in [0, 0.05) is 31.4 Å². The minimum Gasteiger partial charge on any atom is -0.356 e. The van der Waals surface area contributed by atoms with Crippen LogP contribution in [0.3, 0.4) is 0 Å². The molecule has 2 aromatic rings. The van der Waals surface area contributed by atoms with Crippen LogP contribution < -0.4 is 14.9 Å². The van der Waals surface area contributed by atoms with Gasteiger partial charge in [-0.2, -0.15) is 17.9 Å². The van der Waals surface area contributed by atoms with Crippen LogP contribution in [-0.2, 0) is 27.5 Å². The molecule has 0 saturated carbocycles. The van der Waals surface area contributed by atoms with Gasteiger partial charge in [0.1, 0.15) is 5.82 Å². The molecule has 1 aliphatic heterocycles. The van der Waals surface area contributed by atoms with E-state index >= 15 is 0 Å². The van der Waals surface area contributed by atoms with Crippen molar-refractivity contribution in [3.63, 3.8) is 0 Å². The predicted octanol–water partition coefficient (Wildman–Crippen LogP) is 3.07. The Labute approximate surface area is 185 Å². The molecule has 0 spiro atoms. The molecule has 3 rings (SSSR count). The highest BCUT2D eigenvalue weighted by Crippen LogP contribution is 2.33. The van der Waals surface area contributed by atoms with Crippen molar-refractivity contribution in [2.45, 2.75) is 49.8 Å². The molecular weight excluding hydrogens is 445 g/mol. The van der Waals surface area contributed by atoms with E-state index in [-0.39, 0.29) is 6.54 Å². The highest BCUT2D eigenvalue weighted by atomic mass is 32.2. The second kappa shape index (κ2) is 9.86. The van der Waals surface area contributed by atoms with Crippen LogP contribution in [-0.4, -0.2) is 38.4 Å². The molecule has 32 heavy (non-hydrogen) atoms. The molecule has 1 fully saturated rings. The van der Waals surface area contributed by atoms with Gasteiger partial charge in [-0.15, -0.1) is 0 Å². The fraction of sp³-hybridized carbons (Fsp3) is 0.429. The van der Waals surface area contributed by atoms with Crippen LogP contribution in [0.5, 0.6) is 0 Å². The zero-order chi connectivity index (χ0) is 23.4. The third-order valence-corrected chi connectivity index (χ3v) is 6.78. The Morgan fingerprint density at radius 2 is 1.81 bits per heavy atom. The van der Waals surface area contributed by atoms with Gasteiger partial charge in [0.15, 0.2) is 0 Å². The molecule has 174 valence electrons. The highest BCUT2D eigenvalue weighted by molar-refractivity contribution is 7.89.